The van der Waals surface area contributed by atoms with Gasteiger partial charge in [-0.15, -0.1) is 0 Å². The van der Waals surface area contributed by atoms with Gasteiger partial charge in [-0.3, -0.25) is 4.79 Å². The minimum atomic E-state index is 0.0305. The van der Waals surface area contributed by atoms with E-state index in [-0.39, 0.29) is 11.9 Å². The lowest BCUT2D eigenvalue weighted by Gasteiger charge is -2.16. The lowest BCUT2D eigenvalue weighted by Crippen LogP contribution is -2.35. The molecule has 0 aromatic rings. The first-order valence-electron chi connectivity index (χ1n) is 6.39. The molecular weight excluding hydrogens is 218 g/mol. The molecule has 1 aliphatic heterocycles. The van der Waals surface area contributed by atoms with Crippen LogP contribution in [0, 0.1) is 0 Å². The van der Waals surface area contributed by atoms with Gasteiger partial charge in [-0.05, 0) is 19.5 Å². The Hall–Kier alpha value is -0.690. The molecule has 1 aliphatic rings. The van der Waals surface area contributed by atoms with Gasteiger partial charge in [0.2, 0.25) is 5.91 Å². The summed E-state index contributed by atoms with van der Waals surface area (Å²) in [6.45, 7) is 5.82. The predicted molar refractivity (Wildman–Crippen MR) is 68.6 cm³/mol. The second kappa shape index (κ2) is 8.41. The van der Waals surface area contributed by atoms with Gasteiger partial charge in [-0.25, -0.2) is 0 Å². The van der Waals surface area contributed by atoms with Gasteiger partial charge in [0.1, 0.15) is 0 Å². The number of amides is 1. The standard InChI is InChI=1S/C11H25N5O/c12-2-5-14-3-1-4-15-6-7-16-9-10(13)8-11(16)17/h10,14-15H,1-9,12-13H2. The highest BCUT2D eigenvalue weighted by Gasteiger charge is 2.25. The highest BCUT2D eigenvalue weighted by molar-refractivity contribution is 5.79. The van der Waals surface area contributed by atoms with Gasteiger partial charge in [-0.2, -0.15) is 0 Å². The molecule has 6 heteroatoms. The number of nitrogens with one attached hydrogen (secondary N) is 2. The largest absolute Gasteiger partial charge is 0.340 e. The van der Waals surface area contributed by atoms with Crippen LogP contribution >= 0.6 is 0 Å². The highest BCUT2D eigenvalue weighted by atomic mass is 16.2. The second-order valence-electron chi connectivity index (χ2n) is 4.45. The van der Waals surface area contributed by atoms with Crippen LogP contribution in [0.1, 0.15) is 12.8 Å². The topological polar surface area (TPSA) is 96.4 Å². The smallest absolute Gasteiger partial charge is 0.224 e. The molecule has 1 atom stereocenters. The number of hydrogen-bond acceptors (Lipinski definition) is 5. The number of likely N-dealkylation sites (tertiary alicyclic amines) is 1. The maximum absolute atomic E-state index is 11.4. The Morgan fingerprint density at radius 1 is 1.24 bits per heavy atom. The van der Waals surface area contributed by atoms with E-state index in [2.05, 4.69) is 10.6 Å². The number of hydrogen-bond donors (Lipinski definition) is 4. The third-order valence-electron chi connectivity index (χ3n) is 2.83. The Morgan fingerprint density at radius 3 is 2.53 bits per heavy atom. The predicted octanol–water partition coefficient (Wildman–Crippen LogP) is -1.93. The van der Waals surface area contributed by atoms with E-state index in [0.717, 1.165) is 39.1 Å². The van der Waals surface area contributed by atoms with Crippen LogP contribution in [-0.4, -0.2) is 62.7 Å². The van der Waals surface area contributed by atoms with E-state index in [1.165, 1.54) is 0 Å². The molecule has 1 unspecified atom stereocenters. The summed E-state index contributed by atoms with van der Waals surface area (Å²) >= 11 is 0. The van der Waals surface area contributed by atoms with Crippen molar-refractivity contribution in [2.75, 3.05) is 45.8 Å². The number of rotatable bonds is 9. The van der Waals surface area contributed by atoms with Crippen LogP contribution in [0.2, 0.25) is 0 Å². The van der Waals surface area contributed by atoms with Crippen LogP contribution in [0.25, 0.3) is 0 Å². The molecule has 0 saturated carbocycles. The van der Waals surface area contributed by atoms with E-state index in [1.54, 1.807) is 0 Å². The van der Waals surface area contributed by atoms with Gasteiger partial charge < -0.3 is 27.0 Å². The summed E-state index contributed by atoms with van der Waals surface area (Å²) in [5.41, 5.74) is 11.1. The average molecular weight is 243 g/mol. The van der Waals surface area contributed by atoms with E-state index < -0.39 is 0 Å². The molecular formula is C11H25N5O. The molecule has 1 fully saturated rings. The fourth-order valence-electron chi connectivity index (χ4n) is 1.92. The molecule has 1 amide bonds. The monoisotopic (exact) mass is 243 g/mol. The van der Waals surface area contributed by atoms with Gasteiger partial charge in [-0.1, -0.05) is 0 Å². The van der Waals surface area contributed by atoms with Crippen molar-refractivity contribution in [3.8, 4) is 0 Å². The average Bonchev–Trinajstić information content (AvgIpc) is 2.61. The van der Waals surface area contributed by atoms with E-state index in [9.17, 15) is 4.79 Å². The Morgan fingerprint density at radius 2 is 1.94 bits per heavy atom. The molecule has 0 aromatic carbocycles. The van der Waals surface area contributed by atoms with Crippen LogP contribution < -0.4 is 22.1 Å². The van der Waals surface area contributed by atoms with Crippen LogP contribution in [0.4, 0.5) is 0 Å². The van der Waals surface area contributed by atoms with Gasteiger partial charge in [0.15, 0.2) is 0 Å². The minimum Gasteiger partial charge on any atom is -0.340 e. The molecule has 0 aromatic heterocycles. The van der Waals surface area contributed by atoms with Crippen molar-refractivity contribution in [2.24, 2.45) is 11.5 Å². The summed E-state index contributed by atoms with van der Waals surface area (Å²) in [7, 11) is 0. The third-order valence-corrected chi connectivity index (χ3v) is 2.83. The van der Waals surface area contributed by atoms with Crippen molar-refractivity contribution in [2.45, 2.75) is 18.9 Å². The molecule has 6 N–H and O–H groups in total. The summed E-state index contributed by atoms with van der Waals surface area (Å²) in [6, 6.07) is 0.0305. The van der Waals surface area contributed by atoms with Crippen LogP contribution in [0.5, 0.6) is 0 Å². The van der Waals surface area contributed by atoms with Crippen LogP contribution in [-0.2, 0) is 4.79 Å². The first-order valence-corrected chi connectivity index (χ1v) is 6.39. The quantitative estimate of drug-likeness (QED) is 0.354. The summed E-state index contributed by atoms with van der Waals surface area (Å²) in [5.74, 6) is 0.184. The fraction of sp³-hybridized carbons (Fsp3) is 0.909. The van der Waals surface area contributed by atoms with Crippen LogP contribution in [0.15, 0.2) is 0 Å². The van der Waals surface area contributed by atoms with Crippen molar-refractivity contribution in [1.29, 1.82) is 0 Å². The SMILES string of the molecule is NCCNCCCNCCN1CC(N)CC1=O. The molecule has 0 bridgehead atoms. The zero-order chi connectivity index (χ0) is 12.5. The van der Waals surface area contributed by atoms with Crippen molar-refractivity contribution in [1.82, 2.24) is 15.5 Å². The van der Waals surface area contributed by atoms with Crippen molar-refractivity contribution in [3.05, 3.63) is 0 Å². The molecule has 0 aliphatic carbocycles. The maximum Gasteiger partial charge on any atom is 0.224 e. The summed E-state index contributed by atoms with van der Waals surface area (Å²) in [4.78, 5) is 13.3. The second-order valence-corrected chi connectivity index (χ2v) is 4.45. The van der Waals surface area contributed by atoms with Gasteiger partial charge in [0.25, 0.3) is 0 Å². The lowest BCUT2D eigenvalue weighted by atomic mass is 10.3. The first kappa shape index (κ1) is 14.4. The Balaban J connectivity index is 1.89. The Labute approximate surface area is 103 Å². The molecule has 1 rings (SSSR count). The first-order chi connectivity index (χ1) is 8.24. The third kappa shape index (κ3) is 5.97. The summed E-state index contributed by atoms with van der Waals surface area (Å²) < 4.78 is 0. The molecule has 17 heavy (non-hydrogen) atoms. The fourth-order valence-corrected chi connectivity index (χ4v) is 1.92. The summed E-state index contributed by atoms with van der Waals surface area (Å²) in [6.07, 6.45) is 1.58. The van der Waals surface area contributed by atoms with Gasteiger partial charge >= 0.3 is 0 Å². The number of carbonyl (C=O) groups is 1. The van der Waals surface area contributed by atoms with Crippen molar-refractivity contribution < 1.29 is 4.79 Å². The Kier molecular flexibility index (Phi) is 7.11. The van der Waals surface area contributed by atoms with Gasteiger partial charge in [0.05, 0.1) is 0 Å². The molecule has 1 saturated heterocycles. The van der Waals surface area contributed by atoms with E-state index in [4.69, 9.17) is 11.5 Å². The molecule has 100 valence electrons. The number of carbonyl (C=O) groups excluding carboxylic acids is 1. The van der Waals surface area contributed by atoms with Crippen LogP contribution in [0.3, 0.4) is 0 Å². The summed E-state index contributed by atoms with van der Waals surface area (Å²) in [5, 5.41) is 6.55. The highest BCUT2D eigenvalue weighted by Crippen LogP contribution is 2.07. The van der Waals surface area contributed by atoms with Crippen molar-refractivity contribution in [3.63, 3.8) is 0 Å². The molecule has 6 nitrogen and oxygen atoms in total. The normalized spacial score (nSPS) is 20.2. The van der Waals surface area contributed by atoms with E-state index in [1.807, 2.05) is 4.90 Å². The molecule has 1 heterocycles. The maximum atomic E-state index is 11.4. The molecule has 0 spiro atoms. The minimum absolute atomic E-state index is 0.0305. The zero-order valence-corrected chi connectivity index (χ0v) is 10.5. The molecule has 0 radical (unpaired) electrons. The number of nitrogens with two attached hydrogens (primary N) is 2. The van der Waals surface area contributed by atoms with Gasteiger partial charge in [0, 0.05) is 45.2 Å². The van der Waals surface area contributed by atoms with Crippen molar-refractivity contribution >= 4 is 5.91 Å². The zero-order valence-electron chi connectivity index (χ0n) is 10.5. The van der Waals surface area contributed by atoms with E-state index in [0.29, 0.717) is 19.5 Å². The van der Waals surface area contributed by atoms with E-state index >= 15 is 0 Å². The lowest BCUT2D eigenvalue weighted by molar-refractivity contribution is -0.127. The Bertz CT molecular complexity index is 224. The number of nitrogens with zero attached hydrogens (tertiary/aromatic N) is 1.